The summed E-state index contributed by atoms with van der Waals surface area (Å²) in [6.07, 6.45) is 1.72. The van der Waals surface area contributed by atoms with Crippen molar-refractivity contribution in [1.82, 2.24) is 4.57 Å². The van der Waals surface area contributed by atoms with Crippen molar-refractivity contribution in [2.45, 2.75) is 13.8 Å². The van der Waals surface area contributed by atoms with Gasteiger partial charge in [-0.25, -0.2) is 0 Å². The molecule has 1 heterocycles. The molecule has 2 aromatic carbocycles. The highest BCUT2D eigenvalue weighted by Gasteiger charge is 2.15. The van der Waals surface area contributed by atoms with E-state index in [0.29, 0.717) is 21.2 Å². The van der Waals surface area contributed by atoms with Gasteiger partial charge in [-0.2, -0.15) is 5.26 Å². The quantitative estimate of drug-likeness (QED) is 0.284. The van der Waals surface area contributed by atoms with Crippen molar-refractivity contribution in [3.8, 4) is 11.8 Å². The van der Waals surface area contributed by atoms with Crippen LogP contribution < -0.4 is 0 Å². The van der Waals surface area contributed by atoms with Gasteiger partial charge in [-0.3, -0.25) is 10.1 Å². The van der Waals surface area contributed by atoms with Crippen LogP contribution in [-0.2, 0) is 0 Å². The number of nitrogens with zero attached hydrogens (tertiary/aromatic N) is 3. The van der Waals surface area contributed by atoms with E-state index in [1.807, 2.05) is 36.6 Å². The summed E-state index contributed by atoms with van der Waals surface area (Å²) in [5.41, 5.74) is 4.12. The normalized spacial score (nSPS) is 11.3. The van der Waals surface area contributed by atoms with Crippen molar-refractivity contribution in [2.24, 2.45) is 0 Å². The lowest BCUT2D eigenvalue weighted by molar-refractivity contribution is -0.384. The van der Waals surface area contributed by atoms with Crippen LogP contribution in [0.1, 0.15) is 22.5 Å². The van der Waals surface area contributed by atoms with Crippen molar-refractivity contribution < 1.29 is 4.92 Å². The summed E-state index contributed by atoms with van der Waals surface area (Å²) in [7, 11) is 0. The SMILES string of the molecule is Cc1cc(/C=C(/C#N)c2cccc([N+](=O)[O-])c2)c(C)n1-c1cccc(Cl)c1Cl. The minimum absolute atomic E-state index is 0.0603. The lowest BCUT2D eigenvalue weighted by Gasteiger charge is -2.12. The highest BCUT2D eigenvalue weighted by atomic mass is 35.5. The molecule has 0 N–H and O–H groups in total. The van der Waals surface area contributed by atoms with Crippen molar-refractivity contribution in [1.29, 1.82) is 5.26 Å². The average Bonchev–Trinajstić information content (AvgIpc) is 2.95. The fraction of sp³-hybridized carbons (Fsp3) is 0.0952. The van der Waals surface area contributed by atoms with Crippen LogP contribution in [0.2, 0.25) is 10.0 Å². The topological polar surface area (TPSA) is 71.9 Å². The fourth-order valence-electron chi connectivity index (χ4n) is 3.09. The largest absolute Gasteiger partial charge is 0.316 e. The second-order valence-corrected chi connectivity index (χ2v) is 7.00. The van der Waals surface area contributed by atoms with E-state index in [9.17, 15) is 15.4 Å². The molecule has 3 rings (SSSR count). The summed E-state index contributed by atoms with van der Waals surface area (Å²) >= 11 is 12.5. The van der Waals surface area contributed by atoms with E-state index >= 15 is 0 Å². The van der Waals surface area contributed by atoms with Crippen LogP contribution in [-0.4, -0.2) is 9.49 Å². The summed E-state index contributed by atoms with van der Waals surface area (Å²) in [5.74, 6) is 0. The maximum absolute atomic E-state index is 11.0. The Kier molecular flexibility index (Phi) is 5.55. The number of hydrogen-bond donors (Lipinski definition) is 0. The number of nitro groups is 1. The molecule has 0 radical (unpaired) electrons. The summed E-state index contributed by atoms with van der Waals surface area (Å²) in [6.45, 7) is 3.85. The fourth-order valence-corrected chi connectivity index (χ4v) is 3.47. The number of benzene rings is 2. The first-order valence-electron chi connectivity index (χ1n) is 8.33. The number of non-ortho nitro benzene ring substituents is 1. The van der Waals surface area contributed by atoms with Gasteiger partial charge in [0.05, 0.1) is 32.3 Å². The van der Waals surface area contributed by atoms with E-state index in [0.717, 1.165) is 22.6 Å². The highest BCUT2D eigenvalue weighted by Crippen LogP contribution is 2.32. The van der Waals surface area contributed by atoms with E-state index in [4.69, 9.17) is 23.2 Å². The lowest BCUT2D eigenvalue weighted by atomic mass is 10.0. The second kappa shape index (κ2) is 7.89. The van der Waals surface area contributed by atoms with E-state index in [2.05, 4.69) is 6.07 Å². The molecule has 0 aliphatic carbocycles. The molecule has 3 aromatic rings. The third kappa shape index (κ3) is 3.65. The summed E-state index contributed by atoms with van der Waals surface area (Å²) in [6, 6.07) is 15.5. The zero-order chi connectivity index (χ0) is 20.4. The molecule has 0 unspecified atom stereocenters. The van der Waals surface area contributed by atoms with E-state index < -0.39 is 4.92 Å². The molecule has 5 nitrogen and oxygen atoms in total. The Labute approximate surface area is 172 Å². The molecular weight excluding hydrogens is 397 g/mol. The first kappa shape index (κ1) is 19.7. The molecule has 0 bridgehead atoms. The third-order valence-electron chi connectivity index (χ3n) is 4.43. The second-order valence-electron chi connectivity index (χ2n) is 6.21. The molecule has 1 aromatic heterocycles. The van der Waals surface area contributed by atoms with Crippen LogP contribution in [0.4, 0.5) is 5.69 Å². The van der Waals surface area contributed by atoms with Crippen LogP contribution in [0.15, 0.2) is 48.5 Å². The van der Waals surface area contributed by atoms with Crippen molar-refractivity contribution in [3.05, 3.63) is 91.2 Å². The number of nitriles is 1. The Morgan fingerprint density at radius 3 is 2.57 bits per heavy atom. The molecule has 0 spiro atoms. The Balaban J connectivity index is 2.12. The van der Waals surface area contributed by atoms with Gasteiger partial charge in [0.25, 0.3) is 5.69 Å². The molecule has 0 aliphatic heterocycles. The maximum atomic E-state index is 11.0. The zero-order valence-electron chi connectivity index (χ0n) is 15.1. The van der Waals surface area contributed by atoms with Crippen molar-refractivity contribution in [2.75, 3.05) is 0 Å². The minimum atomic E-state index is -0.481. The maximum Gasteiger partial charge on any atom is 0.270 e. The zero-order valence-corrected chi connectivity index (χ0v) is 16.6. The van der Waals surface area contributed by atoms with Crippen LogP contribution in [0.5, 0.6) is 0 Å². The number of halogens is 2. The molecule has 28 heavy (non-hydrogen) atoms. The van der Waals surface area contributed by atoms with Gasteiger partial charge in [-0.05, 0) is 49.2 Å². The first-order valence-corrected chi connectivity index (χ1v) is 9.09. The van der Waals surface area contributed by atoms with E-state index in [-0.39, 0.29) is 5.69 Å². The Hall–Kier alpha value is -3.07. The molecule has 0 atom stereocenters. The highest BCUT2D eigenvalue weighted by molar-refractivity contribution is 6.43. The number of hydrogen-bond acceptors (Lipinski definition) is 3. The molecule has 140 valence electrons. The monoisotopic (exact) mass is 411 g/mol. The van der Waals surface area contributed by atoms with Crippen LogP contribution >= 0.6 is 23.2 Å². The van der Waals surface area contributed by atoms with Crippen LogP contribution in [0.25, 0.3) is 17.3 Å². The smallest absolute Gasteiger partial charge is 0.270 e. The lowest BCUT2D eigenvalue weighted by Crippen LogP contribution is -2.00. The molecular formula is C21H15Cl2N3O2. The van der Waals surface area contributed by atoms with E-state index in [1.165, 1.54) is 12.1 Å². The number of nitro benzene ring substituents is 1. The average molecular weight is 412 g/mol. The van der Waals surface area contributed by atoms with Gasteiger partial charge >= 0.3 is 0 Å². The molecule has 0 aliphatic rings. The molecule has 0 fully saturated rings. The van der Waals surface area contributed by atoms with Gasteiger partial charge in [-0.1, -0.05) is 41.4 Å². The van der Waals surface area contributed by atoms with E-state index in [1.54, 1.807) is 24.3 Å². The van der Waals surface area contributed by atoms with Crippen LogP contribution in [0, 0.1) is 35.3 Å². The third-order valence-corrected chi connectivity index (χ3v) is 5.24. The van der Waals surface area contributed by atoms with Gasteiger partial charge in [0.15, 0.2) is 0 Å². The Bertz CT molecular complexity index is 1160. The van der Waals surface area contributed by atoms with Gasteiger partial charge in [0.1, 0.15) is 0 Å². The minimum Gasteiger partial charge on any atom is -0.316 e. The molecule has 0 saturated heterocycles. The van der Waals surface area contributed by atoms with Gasteiger partial charge < -0.3 is 4.57 Å². The van der Waals surface area contributed by atoms with Gasteiger partial charge in [0, 0.05) is 23.5 Å². The van der Waals surface area contributed by atoms with Gasteiger partial charge in [-0.15, -0.1) is 0 Å². The standard InChI is InChI=1S/C21H15Cl2N3O2/c1-13-9-16(14(2)25(13)20-8-4-7-19(22)21(20)23)10-17(12-24)15-5-3-6-18(11-15)26(27)28/h3-11H,1-2H3/b17-10-. The van der Waals surface area contributed by atoms with Crippen molar-refractivity contribution >= 4 is 40.5 Å². The number of allylic oxidation sites excluding steroid dienone is 1. The number of aryl methyl sites for hydroxylation is 1. The molecule has 0 saturated carbocycles. The van der Waals surface area contributed by atoms with Gasteiger partial charge in [0.2, 0.25) is 0 Å². The molecule has 7 heteroatoms. The van der Waals surface area contributed by atoms with Crippen LogP contribution in [0.3, 0.4) is 0 Å². The number of aromatic nitrogens is 1. The Morgan fingerprint density at radius 1 is 1.18 bits per heavy atom. The summed E-state index contributed by atoms with van der Waals surface area (Å²) < 4.78 is 1.96. The first-order chi connectivity index (χ1) is 13.3. The number of rotatable bonds is 4. The summed E-state index contributed by atoms with van der Waals surface area (Å²) in [5, 5.41) is 21.5. The molecule has 0 amide bonds. The van der Waals surface area contributed by atoms with Crippen molar-refractivity contribution in [3.63, 3.8) is 0 Å². The Morgan fingerprint density at radius 2 is 1.89 bits per heavy atom. The predicted molar refractivity (Wildman–Crippen MR) is 112 cm³/mol. The predicted octanol–water partition coefficient (Wildman–Crippen LogP) is 6.37. The summed E-state index contributed by atoms with van der Waals surface area (Å²) in [4.78, 5) is 10.5.